The molecule has 21 heavy (non-hydrogen) atoms. The van der Waals surface area contributed by atoms with Gasteiger partial charge in [-0.05, 0) is 27.1 Å². The predicted octanol–water partition coefficient (Wildman–Crippen LogP) is 0.965. The van der Waals surface area contributed by atoms with E-state index < -0.39 is 5.97 Å². The van der Waals surface area contributed by atoms with Crippen molar-refractivity contribution in [1.82, 2.24) is 14.7 Å². The van der Waals surface area contributed by atoms with Gasteiger partial charge >= 0.3 is 5.97 Å². The third kappa shape index (κ3) is 4.56. The van der Waals surface area contributed by atoms with Gasteiger partial charge in [-0.2, -0.15) is 0 Å². The lowest BCUT2D eigenvalue weighted by Gasteiger charge is -2.35. The number of carbonyl (C=O) groups is 1. The lowest BCUT2D eigenvalue weighted by atomic mass is 10.2. The van der Waals surface area contributed by atoms with Gasteiger partial charge in [-0.1, -0.05) is 0 Å². The highest BCUT2D eigenvalue weighted by Gasteiger charge is 2.20. The maximum absolute atomic E-state index is 10.9. The van der Waals surface area contributed by atoms with Crippen molar-refractivity contribution in [3.8, 4) is 0 Å². The molecule has 2 heterocycles. The minimum Gasteiger partial charge on any atom is -0.475 e. The Labute approximate surface area is 125 Å². The van der Waals surface area contributed by atoms with E-state index in [1.165, 1.54) is 0 Å². The number of rotatable bonds is 6. The number of carboxylic acid groups (broad SMARTS) is 1. The zero-order valence-electron chi connectivity index (χ0n) is 13.1. The molecule has 1 aliphatic heterocycles. The highest BCUT2D eigenvalue weighted by molar-refractivity contribution is 5.84. The first-order valence-corrected chi connectivity index (χ1v) is 7.37. The second-order valence-electron chi connectivity index (χ2n) is 5.92. The van der Waals surface area contributed by atoms with Gasteiger partial charge in [0, 0.05) is 51.4 Å². The van der Waals surface area contributed by atoms with Crippen molar-refractivity contribution in [3.63, 3.8) is 0 Å². The van der Waals surface area contributed by atoms with E-state index in [1.807, 2.05) is 6.92 Å². The molecular weight excluding hydrogens is 270 g/mol. The average Bonchev–Trinajstić information content (AvgIpc) is 2.80. The molecule has 1 fully saturated rings. The molecule has 0 saturated carbocycles. The molecule has 0 aromatic carbocycles. The Bertz CT molecular complexity index is 477. The van der Waals surface area contributed by atoms with Crippen LogP contribution in [0.25, 0.3) is 0 Å². The first kappa shape index (κ1) is 16.0. The zero-order valence-corrected chi connectivity index (χ0v) is 13.1. The van der Waals surface area contributed by atoms with Crippen molar-refractivity contribution >= 4 is 5.97 Å². The lowest BCUT2D eigenvalue weighted by Crippen LogP contribution is -2.47. The van der Waals surface area contributed by atoms with E-state index in [4.69, 9.17) is 9.52 Å². The van der Waals surface area contributed by atoms with E-state index in [9.17, 15) is 4.79 Å². The van der Waals surface area contributed by atoms with Crippen molar-refractivity contribution in [2.75, 3.05) is 53.4 Å². The summed E-state index contributed by atoms with van der Waals surface area (Å²) in [5.74, 6) is -0.257. The van der Waals surface area contributed by atoms with Crippen molar-refractivity contribution in [2.45, 2.75) is 13.5 Å². The standard InChI is InChI=1S/C15H25N3O3/c1-12-13(10-14(21-12)15(19)20)11-18-8-6-17(7-9-18)5-4-16(2)3/h10H,4-9,11H2,1-3H3,(H,19,20). The van der Waals surface area contributed by atoms with Gasteiger partial charge in [0.25, 0.3) is 0 Å². The number of piperazine rings is 1. The van der Waals surface area contributed by atoms with Crippen LogP contribution in [0.4, 0.5) is 0 Å². The van der Waals surface area contributed by atoms with Crippen LogP contribution in [0.2, 0.25) is 0 Å². The SMILES string of the molecule is Cc1oc(C(=O)O)cc1CN1CCN(CCN(C)C)CC1. The highest BCUT2D eigenvalue weighted by Crippen LogP contribution is 2.17. The van der Waals surface area contributed by atoms with Crippen LogP contribution in [0.1, 0.15) is 21.9 Å². The second kappa shape index (κ2) is 7.06. The molecular formula is C15H25N3O3. The van der Waals surface area contributed by atoms with Crippen LogP contribution in [0, 0.1) is 6.92 Å². The molecule has 2 rings (SSSR count). The predicted molar refractivity (Wildman–Crippen MR) is 80.7 cm³/mol. The lowest BCUT2D eigenvalue weighted by molar-refractivity contribution is 0.0661. The van der Waals surface area contributed by atoms with E-state index in [-0.39, 0.29) is 5.76 Å². The van der Waals surface area contributed by atoms with E-state index in [0.29, 0.717) is 5.76 Å². The molecule has 1 saturated heterocycles. The summed E-state index contributed by atoms with van der Waals surface area (Å²) < 4.78 is 5.26. The van der Waals surface area contributed by atoms with Crippen molar-refractivity contribution < 1.29 is 14.3 Å². The van der Waals surface area contributed by atoms with E-state index >= 15 is 0 Å². The quantitative estimate of drug-likeness (QED) is 0.844. The molecule has 118 valence electrons. The third-order valence-corrected chi connectivity index (χ3v) is 3.95. The Hall–Kier alpha value is -1.37. The van der Waals surface area contributed by atoms with Gasteiger partial charge in [0.1, 0.15) is 5.76 Å². The van der Waals surface area contributed by atoms with E-state index in [2.05, 4.69) is 28.8 Å². The Balaban J connectivity index is 1.82. The third-order valence-electron chi connectivity index (χ3n) is 3.95. The summed E-state index contributed by atoms with van der Waals surface area (Å²) in [5.41, 5.74) is 0.981. The van der Waals surface area contributed by atoms with Crippen LogP contribution < -0.4 is 0 Å². The van der Waals surface area contributed by atoms with Gasteiger partial charge in [-0.3, -0.25) is 9.80 Å². The van der Waals surface area contributed by atoms with Crippen molar-refractivity contribution in [1.29, 1.82) is 0 Å². The first-order chi connectivity index (χ1) is 9.95. The van der Waals surface area contributed by atoms with Crippen molar-refractivity contribution in [2.24, 2.45) is 0 Å². The number of likely N-dealkylation sites (N-methyl/N-ethyl adjacent to an activating group) is 1. The van der Waals surface area contributed by atoms with Gasteiger partial charge < -0.3 is 14.4 Å². The summed E-state index contributed by atoms with van der Waals surface area (Å²) in [5, 5.41) is 8.95. The van der Waals surface area contributed by atoms with E-state index in [0.717, 1.165) is 51.4 Å². The van der Waals surface area contributed by atoms with Crippen LogP contribution in [0.3, 0.4) is 0 Å². The Morgan fingerprint density at radius 2 is 1.90 bits per heavy atom. The van der Waals surface area contributed by atoms with Gasteiger partial charge in [-0.25, -0.2) is 4.79 Å². The minimum absolute atomic E-state index is 0.0344. The van der Waals surface area contributed by atoms with Gasteiger partial charge in [0.05, 0.1) is 0 Å². The topological polar surface area (TPSA) is 60.2 Å². The molecule has 0 aliphatic carbocycles. The highest BCUT2D eigenvalue weighted by atomic mass is 16.4. The fourth-order valence-corrected chi connectivity index (χ4v) is 2.54. The summed E-state index contributed by atoms with van der Waals surface area (Å²) in [6, 6.07) is 1.65. The molecule has 6 heteroatoms. The molecule has 0 unspecified atom stereocenters. The number of hydrogen-bond donors (Lipinski definition) is 1. The van der Waals surface area contributed by atoms with Gasteiger partial charge in [-0.15, -0.1) is 0 Å². The largest absolute Gasteiger partial charge is 0.475 e. The fraction of sp³-hybridized carbons (Fsp3) is 0.667. The summed E-state index contributed by atoms with van der Waals surface area (Å²) in [6.45, 7) is 8.95. The van der Waals surface area contributed by atoms with Gasteiger partial charge in [0.15, 0.2) is 0 Å². The molecule has 1 N–H and O–H groups in total. The number of aromatic carboxylic acids is 1. The molecule has 1 aliphatic rings. The Kier molecular flexibility index (Phi) is 5.39. The van der Waals surface area contributed by atoms with Crippen LogP contribution in [-0.2, 0) is 6.54 Å². The molecule has 0 amide bonds. The molecule has 0 bridgehead atoms. The number of nitrogens with zero attached hydrogens (tertiary/aromatic N) is 3. The average molecular weight is 295 g/mol. The fourth-order valence-electron chi connectivity index (χ4n) is 2.54. The molecule has 0 atom stereocenters. The maximum Gasteiger partial charge on any atom is 0.371 e. The smallest absolute Gasteiger partial charge is 0.371 e. The normalized spacial score (nSPS) is 17.5. The summed E-state index contributed by atoms with van der Waals surface area (Å²) in [7, 11) is 4.19. The summed E-state index contributed by atoms with van der Waals surface area (Å²) in [6.07, 6.45) is 0. The number of furan rings is 1. The van der Waals surface area contributed by atoms with E-state index in [1.54, 1.807) is 6.07 Å². The van der Waals surface area contributed by atoms with Gasteiger partial charge in [0.2, 0.25) is 5.76 Å². The number of aryl methyl sites for hydroxylation is 1. The van der Waals surface area contributed by atoms with Crippen LogP contribution in [0.5, 0.6) is 0 Å². The number of hydrogen-bond acceptors (Lipinski definition) is 5. The number of carboxylic acids is 1. The minimum atomic E-state index is -1.00. The van der Waals surface area contributed by atoms with Crippen LogP contribution in [0.15, 0.2) is 10.5 Å². The van der Waals surface area contributed by atoms with Crippen molar-refractivity contribution in [3.05, 3.63) is 23.2 Å². The molecule has 1 aromatic heterocycles. The van der Waals surface area contributed by atoms with Crippen LogP contribution >= 0.6 is 0 Å². The molecule has 1 aromatic rings. The monoisotopic (exact) mass is 295 g/mol. The Morgan fingerprint density at radius 1 is 1.29 bits per heavy atom. The summed E-state index contributed by atoms with van der Waals surface area (Å²) in [4.78, 5) is 17.9. The Morgan fingerprint density at radius 3 is 2.43 bits per heavy atom. The van der Waals surface area contributed by atoms with Crippen LogP contribution in [-0.4, -0.2) is 79.1 Å². The second-order valence-corrected chi connectivity index (χ2v) is 5.92. The maximum atomic E-state index is 10.9. The first-order valence-electron chi connectivity index (χ1n) is 7.37. The zero-order chi connectivity index (χ0) is 15.4. The molecule has 6 nitrogen and oxygen atoms in total. The molecule has 0 spiro atoms. The summed E-state index contributed by atoms with van der Waals surface area (Å²) >= 11 is 0. The molecule has 0 radical (unpaired) electrons.